The molecule has 4 fully saturated rings. The van der Waals surface area contributed by atoms with E-state index in [1.165, 1.54) is 38.5 Å². The van der Waals surface area contributed by atoms with E-state index >= 15 is 0 Å². The molecule has 0 amide bonds. The molecule has 0 saturated heterocycles. The third-order valence-corrected chi connectivity index (χ3v) is 5.85. The van der Waals surface area contributed by atoms with Gasteiger partial charge in [-0.05, 0) is 86.3 Å². The van der Waals surface area contributed by atoms with E-state index < -0.39 is 0 Å². The van der Waals surface area contributed by atoms with Gasteiger partial charge in [-0.3, -0.25) is 0 Å². The van der Waals surface area contributed by atoms with Gasteiger partial charge in [-0.2, -0.15) is 0 Å². The lowest BCUT2D eigenvalue weighted by atomic mass is 9.48. The number of hydrogen-bond donors (Lipinski definition) is 0. The van der Waals surface area contributed by atoms with Crippen molar-refractivity contribution in [3.8, 4) is 5.75 Å². The second kappa shape index (κ2) is 4.65. The molecule has 4 aliphatic carbocycles. The van der Waals surface area contributed by atoms with Gasteiger partial charge < -0.3 is 4.74 Å². The smallest absolute Gasteiger partial charge is 0.126 e. The Hall–Kier alpha value is -1.24. The molecular formula is C19H24O. The van der Waals surface area contributed by atoms with Crippen LogP contribution in [0.2, 0.25) is 0 Å². The normalized spacial score (nSPS) is 38.5. The summed E-state index contributed by atoms with van der Waals surface area (Å²) in [4.78, 5) is 0. The van der Waals surface area contributed by atoms with Crippen molar-refractivity contribution >= 4 is 0 Å². The molecule has 20 heavy (non-hydrogen) atoms. The maximum atomic E-state index is 5.55. The van der Waals surface area contributed by atoms with E-state index in [4.69, 9.17) is 4.74 Å². The monoisotopic (exact) mass is 268 g/mol. The van der Waals surface area contributed by atoms with Crippen LogP contribution in [0.3, 0.4) is 0 Å². The Morgan fingerprint density at radius 3 is 2.00 bits per heavy atom. The van der Waals surface area contributed by atoms with Crippen LogP contribution in [0.4, 0.5) is 0 Å². The lowest BCUT2D eigenvalue weighted by Crippen LogP contribution is -2.48. The second-order valence-corrected chi connectivity index (χ2v) is 7.31. The fraction of sp³-hybridized carbons (Fsp3) is 0.579. The number of allylic oxidation sites excluding steroid dienone is 1. The van der Waals surface area contributed by atoms with Crippen LogP contribution in [-0.4, -0.2) is 0 Å². The Labute approximate surface area is 122 Å². The van der Waals surface area contributed by atoms with Crippen molar-refractivity contribution in [3.05, 3.63) is 42.2 Å². The third-order valence-electron chi connectivity index (χ3n) is 5.85. The average Bonchev–Trinajstić information content (AvgIpc) is 2.44. The highest BCUT2D eigenvalue weighted by molar-refractivity contribution is 5.34. The molecule has 0 N–H and O–H groups in total. The summed E-state index contributed by atoms with van der Waals surface area (Å²) in [5.41, 5.74) is 2.08. The maximum Gasteiger partial charge on any atom is 0.126 e. The van der Waals surface area contributed by atoms with Crippen LogP contribution in [0, 0.1) is 17.8 Å². The first kappa shape index (κ1) is 12.5. The summed E-state index contributed by atoms with van der Waals surface area (Å²) >= 11 is 0. The first-order valence-electron chi connectivity index (χ1n) is 8.16. The van der Waals surface area contributed by atoms with E-state index in [1.807, 2.05) is 13.0 Å². The minimum atomic E-state index is 0.508. The molecule has 0 unspecified atom stereocenters. The van der Waals surface area contributed by atoms with Crippen LogP contribution >= 0.6 is 0 Å². The number of benzene rings is 1. The maximum absolute atomic E-state index is 5.55. The van der Waals surface area contributed by atoms with Crippen LogP contribution in [0.15, 0.2) is 36.6 Å². The van der Waals surface area contributed by atoms with Gasteiger partial charge in [-0.15, -0.1) is 0 Å². The molecule has 0 heterocycles. The summed E-state index contributed by atoms with van der Waals surface area (Å²) in [5.74, 6) is 4.00. The third kappa shape index (κ3) is 1.99. The molecule has 5 rings (SSSR count). The molecule has 1 nitrogen and oxygen atoms in total. The molecule has 0 radical (unpaired) electrons. The van der Waals surface area contributed by atoms with Gasteiger partial charge in [-0.1, -0.05) is 18.2 Å². The van der Waals surface area contributed by atoms with E-state index in [-0.39, 0.29) is 0 Å². The molecule has 1 heteroatoms. The molecule has 4 bridgehead atoms. The van der Waals surface area contributed by atoms with Gasteiger partial charge in [0.15, 0.2) is 0 Å². The van der Waals surface area contributed by atoms with E-state index in [0.717, 1.165) is 23.5 Å². The van der Waals surface area contributed by atoms with Gasteiger partial charge in [0, 0.05) is 0 Å². The molecule has 4 saturated carbocycles. The lowest BCUT2D eigenvalue weighted by molar-refractivity contribution is -0.00519. The van der Waals surface area contributed by atoms with Crippen molar-refractivity contribution in [1.29, 1.82) is 0 Å². The van der Waals surface area contributed by atoms with Crippen LogP contribution in [0.25, 0.3) is 0 Å². The van der Waals surface area contributed by atoms with Gasteiger partial charge in [0.2, 0.25) is 0 Å². The molecule has 0 aromatic heterocycles. The Morgan fingerprint density at radius 2 is 1.50 bits per heavy atom. The van der Waals surface area contributed by atoms with E-state index in [2.05, 4.69) is 24.3 Å². The topological polar surface area (TPSA) is 9.23 Å². The Kier molecular flexibility index (Phi) is 2.90. The summed E-state index contributed by atoms with van der Waals surface area (Å²) in [7, 11) is 0. The van der Waals surface area contributed by atoms with Crippen LogP contribution in [0.5, 0.6) is 5.75 Å². The number of rotatable bonds is 3. The minimum absolute atomic E-state index is 0.508. The quantitative estimate of drug-likeness (QED) is 0.696. The summed E-state index contributed by atoms with van der Waals surface area (Å²) in [6.45, 7) is 1.98. The fourth-order valence-electron chi connectivity index (χ4n) is 5.50. The Balaban J connectivity index is 1.60. The lowest BCUT2D eigenvalue weighted by Gasteiger charge is -2.57. The van der Waals surface area contributed by atoms with Crippen LogP contribution in [0.1, 0.15) is 51.0 Å². The zero-order chi connectivity index (χ0) is 13.6. The molecule has 1 aromatic rings. The van der Waals surface area contributed by atoms with Gasteiger partial charge in [0.05, 0.1) is 6.26 Å². The summed E-state index contributed by atoms with van der Waals surface area (Å²) in [6.07, 6.45) is 12.5. The predicted molar refractivity (Wildman–Crippen MR) is 81.7 cm³/mol. The molecular weight excluding hydrogens is 244 g/mol. The van der Waals surface area contributed by atoms with Crippen molar-refractivity contribution in [2.45, 2.75) is 50.9 Å². The van der Waals surface area contributed by atoms with Crippen molar-refractivity contribution in [2.24, 2.45) is 17.8 Å². The molecule has 0 atom stereocenters. The highest BCUT2D eigenvalue weighted by atomic mass is 16.5. The fourth-order valence-corrected chi connectivity index (χ4v) is 5.50. The van der Waals surface area contributed by atoms with Crippen molar-refractivity contribution in [1.82, 2.24) is 0 Å². The Morgan fingerprint density at radius 1 is 0.950 bits per heavy atom. The highest BCUT2D eigenvalue weighted by Gasteiger charge is 2.51. The minimum Gasteiger partial charge on any atom is -0.465 e. The Bertz CT molecular complexity index is 476. The second-order valence-electron chi connectivity index (χ2n) is 7.31. The molecule has 0 spiro atoms. The van der Waals surface area contributed by atoms with Gasteiger partial charge in [0.1, 0.15) is 5.75 Å². The largest absolute Gasteiger partial charge is 0.465 e. The summed E-state index contributed by atoms with van der Waals surface area (Å²) in [5, 5.41) is 0. The first-order chi connectivity index (χ1) is 9.77. The summed E-state index contributed by atoms with van der Waals surface area (Å²) in [6, 6.07) is 8.94. The molecule has 0 aliphatic heterocycles. The van der Waals surface area contributed by atoms with E-state index in [0.29, 0.717) is 5.41 Å². The predicted octanol–water partition coefficient (Wildman–Crippen LogP) is 5.07. The molecule has 1 aromatic carbocycles. The SMILES string of the molecule is C/C=C/Oc1ccc(C23CC4CC(CC(C4)C2)C3)cc1. The molecule has 4 aliphatic rings. The number of ether oxygens (including phenoxy) is 1. The average molecular weight is 268 g/mol. The van der Waals surface area contributed by atoms with Gasteiger partial charge in [-0.25, -0.2) is 0 Å². The highest BCUT2D eigenvalue weighted by Crippen LogP contribution is 2.60. The molecule has 106 valence electrons. The zero-order valence-corrected chi connectivity index (χ0v) is 12.3. The van der Waals surface area contributed by atoms with Crippen molar-refractivity contribution in [2.75, 3.05) is 0 Å². The van der Waals surface area contributed by atoms with Crippen LogP contribution in [-0.2, 0) is 5.41 Å². The van der Waals surface area contributed by atoms with E-state index in [9.17, 15) is 0 Å². The number of hydrogen-bond acceptors (Lipinski definition) is 1. The standard InChI is InChI=1S/C19H24O/c1-2-7-20-18-5-3-17(4-6-18)19-11-14-8-15(12-19)10-16(9-14)13-19/h2-7,14-16H,8-13H2,1H3/b7-2+. The van der Waals surface area contributed by atoms with E-state index in [1.54, 1.807) is 11.8 Å². The zero-order valence-electron chi connectivity index (χ0n) is 12.3. The van der Waals surface area contributed by atoms with Crippen molar-refractivity contribution < 1.29 is 4.74 Å². The first-order valence-corrected chi connectivity index (χ1v) is 8.16. The van der Waals surface area contributed by atoms with Gasteiger partial charge in [0.25, 0.3) is 0 Å². The summed E-state index contributed by atoms with van der Waals surface area (Å²) < 4.78 is 5.55. The van der Waals surface area contributed by atoms with Crippen molar-refractivity contribution in [3.63, 3.8) is 0 Å². The van der Waals surface area contributed by atoms with Crippen LogP contribution < -0.4 is 4.74 Å². The van der Waals surface area contributed by atoms with Gasteiger partial charge >= 0.3 is 0 Å².